The summed E-state index contributed by atoms with van der Waals surface area (Å²) in [5.74, 6) is -2.96. The van der Waals surface area contributed by atoms with Gasteiger partial charge in [-0.2, -0.15) is 0 Å². The lowest BCUT2D eigenvalue weighted by atomic mass is 9.73. The third-order valence-electron chi connectivity index (χ3n) is 8.42. The summed E-state index contributed by atoms with van der Waals surface area (Å²) in [6.07, 6.45) is 4.12. The normalized spacial score (nSPS) is 14.6. The van der Waals surface area contributed by atoms with Crippen molar-refractivity contribution in [3.8, 4) is 28.1 Å². The van der Waals surface area contributed by atoms with Gasteiger partial charge in [0.25, 0.3) is 0 Å². The second-order valence-electron chi connectivity index (χ2n) is 11.1. The van der Waals surface area contributed by atoms with Gasteiger partial charge in [0.2, 0.25) is 5.91 Å². The quantitative estimate of drug-likeness (QED) is 0.207. The first-order chi connectivity index (χ1) is 20.7. The van der Waals surface area contributed by atoms with E-state index >= 15 is 0 Å². The maximum Gasteiger partial charge on any atom is 0.310 e. The monoisotopic (exact) mass is 581 g/mol. The van der Waals surface area contributed by atoms with E-state index < -0.39 is 23.0 Å². The van der Waals surface area contributed by atoms with Crippen LogP contribution in [0, 0.1) is 17.0 Å². The number of H-pyrrole nitrogens is 1. The van der Waals surface area contributed by atoms with Crippen LogP contribution >= 0.6 is 0 Å². The van der Waals surface area contributed by atoms with Crippen molar-refractivity contribution in [1.82, 2.24) is 14.9 Å². The van der Waals surface area contributed by atoms with Gasteiger partial charge in [0.05, 0.1) is 17.5 Å². The van der Waals surface area contributed by atoms with Crippen molar-refractivity contribution in [2.24, 2.45) is 5.41 Å². The molecule has 1 aliphatic heterocycles. The van der Waals surface area contributed by atoms with Crippen LogP contribution in [-0.2, 0) is 22.4 Å². The standard InChI is InChI=1S/C34H29F2N3O4/c35-27-9-6-22(16-28(27)36)19-34(33(42)43)11-14-39(15-12-34)31(40)17-21-4-7-23(8-5-21)25-2-1-3-26(32(25)41)30-18-24-20-37-13-10-29(24)38-30/h1-10,13,16,18,20,38,41H,11-12,14-15,17,19H2,(H,42,43). The number of pyridine rings is 1. The molecule has 0 unspecified atom stereocenters. The number of nitrogens with zero attached hydrogens (tertiary/aromatic N) is 2. The second kappa shape index (κ2) is 11.3. The molecule has 0 aliphatic carbocycles. The number of amides is 1. The maximum atomic E-state index is 13.7. The topological polar surface area (TPSA) is 107 Å². The Bertz CT molecular complexity index is 1790. The summed E-state index contributed by atoms with van der Waals surface area (Å²) in [7, 11) is 0. The molecule has 3 aromatic carbocycles. The van der Waals surface area contributed by atoms with Crippen molar-refractivity contribution in [3.05, 3.63) is 108 Å². The Kier molecular flexibility index (Phi) is 7.39. The van der Waals surface area contributed by atoms with Gasteiger partial charge in [-0.25, -0.2) is 8.78 Å². The first kappa shape index (κ1) is 28.1. The van der Waals surface area contributed by atoms with E-state index in [1.165, 1.54) is 6.07 Å². The Morgan fingerprint density at radius 3 is 2.33 bits per heavy atom. The van der Waals surface area contributed by atoms with E-state index in [4.69, 9.17) is 0 Å². The minimum Gasteiger partial charge on any atom is -0.507 e. The maximum absolute atomic E-state index is 13.7. The van der Waals surface area contributed by atoms with Crippen LogP contribution in [0.4, 0.5) is 8.78 Å². The Morgan fingerprint density at radius 1 is 0.907 bits per heavy atom. The Morgan fingerprint density at radius 2 is 1.63 bits per heavy atom. The Hall–Kier alpha value is -5.05. The molecule has 0 bridgehead atoms. The molecule has 3 heterocycles. The van der Waals surface area contributed by atoms with Gasteiger partial charge in [0, 0.05) is 47.5 Å². The van der Waals surface area contributed by atoms with Crippen LogP contribution < -0.4 is 0 Å². The molecule has 218 valence electrons. The SMILES string of the molecule is O=C(Cc1ccc(-c2cccc(-c3cc4cnccc4[nH]3)c2O)cc1)N1CCC(Cc2ccc(F)c(F)c2)(C(=O)O)CC1. The molecule has 1 saturated heterocycles. The number of benzene rings is 3. The van der Waals surface area contributed by atoms with Gasteiger partial charge in [0.15, 0.2) is 11.6 Å². The van der Waals surface area contributed by atoms with Gasteiger partial charge >= 0.3 is 5.97 Å². The van der Waals surface area contributed by atoms with E-state index in [-0.39, 0.29) is 50.4 Å². The molecular weight excluding hydrogens is 552 g/mol. The minimum absolute atomic E-state index is 0.0640. The van der Waals surface area contributed by atoms with E-state index in [1.807, 2.05) is 54.6 Å². The van der Waals surface area contributed by atoms with E-state index in [2.05, 4.69) is 9.97 Å². The molecule has 1 amide bonds. The number of piperidine rings is 1. The zero-order valence-electron chi connectivity index (χ0n) is 23.2. The minimum atomic E-state index is -1.15. The summed E-state index contributed by atoms with van der Waals surface area (Å²) in [5.41, 5.74) is 3.89. The summed E-state index contributed by atoms with van der Waals surface area (Å²) in [6, 6.07) is 20.3. The number of phenolic OH excluding ortho intramolecular Hbond substituents is 1. The second-order valence-corrected chi connectivity index (χ2v) is 11.1. The number of aromatic nitrogens is 2. The van der Waals surface area contributed by atoms with Crippen molar-refractivity contribution in [2.45, 2.75) is 25.7 Å². The van der Waals surface area contributed by atoms with Crippen LogP contribution in [0.15, 0.2) is 85.2 Å². The van der Waals surface area contributed by atoms with E-state index in [9.17, 15) is 28.6 Å². The molecule has 0 radical (unpaired) electrons. The van der Waals surface area contributed by atoms with Crippen LogP contribution in [0.1, 0.15) is 24.0 Å². The molecule has 6 rings (SSSR count). The summed E-state index contributed by atoms with van der Waals surface area (Å²) in [5, 5.41) is 22.1. The summed E-state index contributed by atoms with van der Waals surface area (Å²) in [6.45, 7) is 0.523. The zero-order valence-corrected chi connectivity index (χ0v) is 23.2. The first-order valence-corrected chi connectivity index (χ1v) is 14.0. The van der Waals surface area contributed by atoms with Crippen LogP contribution in [0.2, 0.25) is 0 Å². The number of phenols is 1. The number of carbonyl (C=O) groups excluding carboxylic acids is 1. The lowest BCUT2D eigenvalue weighted by Gasteiger charge is -2.39. The number of carbonyl (C=O) groups is 2. The van der Waals surface area contributed by atoms with Crippen LogP contribution in [0.5, 0.6) is 5.75 Å². The highest BCUT2D eigenvalue weighted by atomic mass is 19.2. The number of nitrogens with one attached hydrogen (secondary N) is 1. The van der Waals surface area contributed by atoms with Gasteiger partial charge in [-0.05, 0) is 66.3 Å². The van der Waals surface area contributed by atoms with Gasteiger partial charge < -0.3 is 20.1 Å². The van der Waals surface area contributed by atoms with Gasteiger partial charge in [0.1, 0.15) is 5.75 Å². The summed E-state index contributed by atoms with van der Waals surface area (Å²) < 4.78 is 27.0. The van der Waals surface area contributed by atoms with Crippen LogP contribution in [0.3, 0.4) is 0 Å². The van der Waals surface area contributed by atoms with Crippen molar-refractivity contribution in [2.75, 3.05) is 13.1 Å². The summed E-state index contributed by atoms with van der Waals surface area (Å²) in [4.78, 5) is 34.5. The number of carboxylic acid groups (broad SMARTS) is 1. The highest BCUT2D eigenvalue weighted by molar-refractivity contribution is 5.89. The molecule has 0 spiro atoms. The fourth-order valence-electron chi connectivity index (χ4n) is 5.89. The third kappa shape index (κ3) is 5.58. The molecule has 2 aromatic heterocycles. The average molecular weight is 582 g/mol. The van der Waals surface area contributed by atoms with Gasteiger partial charge in [-0.1, -0.05) is 42.5 Å². The van der Waals surface area contributed by atoms with E-state index in [1.54, 1.807) is 17.3 Å². The lowest BCUT2D eigenvalue weighted by molar-refractivity contribution is -0.154. The number of carboxylic acids is 1. The van der Waals surface area contributed by atoms with Crippen molar-refractivity contribution >= 4 is 22.8 Å². The molecular formula is C34H29F2N3O4. The molecule has 7 nitrogen and oxygen atoms in total. The fourth-order valence-corrected chi connectivity index (χ4v) is 5.89. The third-order valence-corrected chi connectivity index (χ3v) is 8.42. The molecule has 1 fully saturated rings. The molecule has 0 saturated carbocycles. The highest BCUT2D eigenvalue weighted by Crippen LogP contribution is 2.39. The lowest BCUT2D eigenvalue weighted by Crippen LogP contribution is -2.48. The van der Waals surface area contributed by atoms with Crippen LogP contribution in [-0.4, -0.2) is 50.0 Å². The molecule has 5 aromatic rings. The largest absolute Gasteiger partial charge is 0.507 e. The van der Waals surface area contributed by atoms with Crippen LogP contribution in [0.25, 0.3) is 33.3 Å². The molecule has 43 heavy (non-hydrogen) atoms. The Labute approximate surface area is 246 Å². The Balaban J connectivity index is 1.12. The predicted octanol–water partition coefficient (Wildman–Crippen LogP) is 6.36. The predicted molar refractivity (Wildman–Crippen MR) is 158 cm³/mol. The van der Waals surface area contributed by atoms with E-state index in [0.29, 0.717) is 16.7 Å². The van der Waals surface area contributed by atoms with Crippen molar-refractivity contribution in [3.63, 3.8) is 0 Å². The van der Waals surface area contributed by atoms with Gasteiger partial charge in [-0.15, -0.1) is 0 Å². The number of aromatic amines is 1. The molecule has 3 N–H and O–H groups in total. The van der Waals surface area contributed by atoms with Crippen molar-refractivity contribution in [1.29, 1.82) is 0 Å². The fraction of sp³-hybridized carbons (Fsp3) is 0.206. The highest BCUT2D eigenvalue weighted by Gasteiger charge is 2.42. The van der Waals surface area contributed by atoms with E-state index in [0.717, 1.165) is 39.9 Å². The number of aliphatic carboxylic acids is 1. The van der Waals surface area contributed by atoms with Crippen molar-refractivity contribution < 1.29 is 28.6 Å². The number of hydrogen-bond acceptors (Lipinski definition) is 4. The smallest absolute Gasteiger partial charge is 0.310 e. The number of aromatic hydroxyl groups is 1. The molecule has 0 atom stereocenters. The zero-order chi connectivity index (χ0) is 30.1. The molecule has 1 aliphatic rings. The molecule has 9 heteroatoms. The number of hydrogen-bond donors (Lipinski definition) is 3. The van der Waals surface area contributed by atoms with Gasteiger partial charge in [-0.3, -0.25) is 14.6 Å². The number of halogens is 2. The number of rotatable bonds is 7. The summed E-state index contributed by atoms with van der Waals surface area (Å²) >= 11 is 0. The number of para-hydroxylation sites is 1. The number of likely N-dealkylation sites (tertiary alicyclic amines) is 1. The average Bonchev–Trinajstić information content (AvgIpc) is 3.44. The first-order valence-electron chi connectivity index (χ1n) is 14.0. The number of fused-ring (bicyclic) bond motifs is 1.